The molecule has 1 N–H and O–H groups in total. The average molecular weight is 436 g/mol. The highest BCUT2D eigenvalue weighted by Gasteiger charge is 2.52. The first kappa shape index (κ1) is 22.4. The first-order valence-electron chi connectivity index (χ1n) is 11.9. The zero-order chi connectivity index (χ0) is 22.6. The van der Waals surface area contributed by atoms with E-state index in [4.69, 9.17) is 4.74 Å². The zero-order valence-electron chi connectivity index (χ0n) is 18.8. The summed E-state index contributed by atoms with van der Waals surface area (Å²) in [4.78, 5) is 28.9. The molecule has 1 saturated heterocycles. The topological polar surface area (TPSA) is 66.8 Å². The van der Waals surface area contributed by atoms with Crippen molar-refractivity contribution in [2.45, 2.75) is 69.9 Å². The van der Waals surface area contributed by atoms with Gasteiger partial charge >= 0.3 is 5.97 Å². The molecule has 1 aliphatic heterocycles. The van der Waals surface area contributed by atoms with Gasteiger partial charge < -0.3 is 14.7 Å². The van der Waals surface area contributed by atoms with Crippen molar-refractivity contribution in [1.82, 2.24) is 0 Å². The maximum Gasteiger partial charge on any atom is 0.337 e. The normalized spacial score (nSPS) is 23.8. The summed E-state index contributed by atoms with van der Waals surface area (Å²) in [7, 11) is 0. The third-order valence-corrected chi connectivity index (χ3v) is 7.02. The molecule has 1 aliphatic carbocycles. The van der Waals surface area contributed by atoms with Crippen LogP contribution in [0.15, 0.2) is 54.6 Å². The van der Waals surface area contributed by atoms with E-state index in [1.807, 2.05) is 54.3 Å². The molecule has 2 aromatic carbocycles. The van der Waals surface area contributed by atoms with E-state index in [-0.39, 0.29) is 23.9 Å². The van der Waals surface area contributed by atoms with Gasteiger partial charge in [-0.25, -0.2) is 4.79 Å². The van der Waals surface area contributed by atoms with E-state index < -0.39 is 17.6 Å². The van der Waals surface area contributed by atoms with Crippen LogP contribution in [0.5, 0.6) is 5.75 Å². The number of carbonyl (C=O) groups excluding carboxylic acids is 2. The van der Waals surface area contributed by atoms with Crippen LogP contribution >= 0.6 is 0 Å². The number of para-hydroxylation sites is 1. The van der Waals surface area contributed by atoms with Gasteiger partial charge in [-0.1, -0.05) is 50.1 Å². The molecule has 2 fully saturated rings. The summed E-state index contributed by atoms with van der Waals surface area (Å²) >= 11 is 0. The number of ketones is 1. The summed E-state index contributed by atoms with van der Waals surface area (Å²) in [6, 6.07) is 16.0. The standard InChI is InChI=1S/C27H33NO4/c1-2-17-28(22-12-4-3-5-13-22)25-24(30)19-27(32-26(25)31,21-10-6-7-11-21)16-15-20-9-8-14-23(29)18-20/h3-5,8-9,12-14,18,21,25,29H,2,6-7,10-11,15-17,19H2,1H3. The lowest BCUT2D eigenvalue weighted by Crippen LogP contribution is -2.59. The van der Waals surface area contributed by atoms with Gasteiger partial charge in [-0.2, -0.15) is 0 Å². The van der Waals surface area contributed by atoms with Gasteiger partial charge in [-0.05, 0) is 67.9 Å². The molecule has 2 atom stereocenters. The highest BCUT2D eigenvalue weighted by atomic mass is 16.6. The number of carbonyl (C=O) groups is 2. The van der Waals surface area contributed by atoms with Crippen molar-refractivity contribution in [3.8, 4) is 5.75 Å². The quantitative estimate of drug-likeness (QED) is 0.464. The van der Waals surface area contributed by atoms with Crippen molar-refractivity contribution in [3.05, 3.63) is 60.2 Å². The number of hydrogen-bond acceptors (Lipinski definition) is 5. The van der Waals surface area contributed by atoms with E-state index >= 15 is 0 Å². The number of hydrogen-bond donors (Lipinski definition) is 1. The van der Waals surface area contributed by atoms with Gasteiger partial charge in [-0.3, -0.25) is 4.79 Å². The number of rotatable bonds is 8. The lowest BCUT2D eigenvalue weighted by molar-refractivity contribution is -0.181. The Morgan fingerprint density at radius 1 is 1.06 bits per heavy atom. The number of Topliss-reactive ketones (excluding diaryl/α,β-unsaturated/α-hetero) is 1. The Kier molecular flexibility index (Phi) is 6.83. The summed E-state index contributed by atoms with van der Waals surface area (Å²) in [5, 5.41) is 9.82. The van der Waals surface area contributed by atoms with E-state index in [2.05, 4.69) is 0 Å². The Morgan fingerprint density at radius 2 is 1.81 bits per heavy atom. The second kappa shape index (κ2) is 9.76. The molecule has 32 heavy (non-hydrogen) atoms. The van der Waals surface area contributed by atoms with E-state index in [9.17, 15) is 14.7 Å². The first-order chi connectivity index (χ1) is 15.5. The van der Waals surface area contributed by atoms with Gasteiger partial charge in [0.15, 0.2) is 11.8 Å². The molecule has 5 nitrogen and oxygen atoms in total. The molecule has 4 rings (SSSR count). The fourth-order valence-corrected chi connectivity index (χ4v) is 5.47. The smallest absolute Gasteiger partial charge is 0.337 e. The molecule has 0 radical (unpaired) electrons. The molecule has 0 aromatic heterocycles. The zero-order valence-corrected chi connectivity index (χ0v) is 18.8. The molecule has 170 valence electrons. The summed E-state index contributed by atoms with van der Waals surface area (Å²) in [5.41, 5.74) is 1.11. The predicted octanol–water partition coefficient (Wildman–Crippen LogP) is 5.06. The number of ether oxygens (including phenoxy) is 1. The van der Waals surface area contributed by atoms with Gasteiger partial charge in [0.05, 0.1) is 0 Å². The van der Waals surface area contributed by atoms with Crippen LogP contribution in [0.25, 0.3) is 0 Å². The number of cyclic esters (lactones) is 1. The molecule has 0 bridgehead atoms. The Labute approximate surface area is 190 Å². The molecule has 1 heterocycles. The monoisotopic (exact) mass is 435 g/mol. The minimum atomic E-state index is -0.882. The molecular formula is C27H33NO4. The number of benzene rings is 2. The Hall–Kier alpha value is -2.82. The SMILES string of the molecule is CCCN(c1ccccc1)C1C(=O)CC(CCc2cccc(O)c2)(C2CCCC2)OC1=O. The van der Waals surface area contributed by atoms with Gasteiger partial charge in [-0.15, -0.1) is 0 Å². The van der Waals surface area contributed by atoms with Gasteiger partial charge in [0, 0.05) is 18.7 Å². The average Bonchev–Trinajstić information content (AvgIpc) is 3.33. The number of aryl methyl sites for hydroxylation is 1. The molecule has 2 aromatic rings. The van der Waals surface area contributed by atoms with Crippen LogP contribution in [0, 0.1) is 5.92 Å². The van der Waals surface area contributed by atoms with Gasteiger partial charge in [0.1, 0.15) is 11.4 Å². The summed E-state index contributed by atoms with van der Waals surface area (Å²) in [6.45, 7) is 2.67. The predicted molar refractivity (Wildman–Crippen MR) is 125 cm³/mol. The number of anilines is 1. The molecular weight excluding hydrogens is 402 g/mol. The molecule has 5 heteroatoms. The minimum absolute atomic E-state index is 0.0404. The van der Waals surface area contributed by atoms with Crippen LogP contribution in [0.4, 0.5) is 5.69 Å². The van der Waals surface area contributed by atoms with Crippen LogP contribution in [0.2, 0.25) is 0 Å². The third kappa shape index (κ3) is 4.67. The fraction of sp³-hybridized carbons (Fsp3) is 0.481. The highest BCUT2D eigenvalue weighted by Crippen LogP contribution is 2.44. The van der Waals surface area contributed by atoms with Crippen LogP contribution < -0.4 is 4.90 Å². The van der Waals surface area contributed by atoms with Crippen molar-refractivity contribution in [1.29, 1.82) is 0 Å². The number of phenolic OH excluding ortho intramolecular Hbond substituents is 1. The summed E-state index contributed by atoms with van der Waals surface area (Å²) in [6.07, 6.45) is 6.56. The summed E-state index contributed by atoms with van der Waals surface area (Å²) < 4.78 is 6.28. The van der Waals surface area contributed by atoms with Gasteiger partial charge in [0.2, 0.25) is 0 Å². The minimum Gasteiger partial charge on any atom is -0.508 e. The molecule has 0 amide bonds. The van der Waals surface area contributed by atoms with Crippen LogP contribution in [-0.4, -0.2) is 35.0 Å². The van der Waals surface area contributed by atoms with E-state index in [1.54, 1.807) is 12.1 Å². The van der Waals surface area contributed by atoms with Crippen molar-refractivity contribution in [3.63, 3.8) is 0 Å². The van der Waals surface area contributed by atoms with E-state index in [0.29, 0.717) is 19.4 Å². The maximum absolute atomic E-state index is 13.5. The lowest BCUT2D eigenvalue weighted by Gasteiger charge is -2.45. The molecule has 2 unspecified atom stereocenters. The second-order valence-electron chi connectivity index (χ2n) is 9.21. The Morgan fingerprint density at radius 3 is 2.47 bits per heavy atom. The van der Waals surface area contributed by atoms with Crippen LogP contribution in [-0.2, 0) is 20.7 Å². The molecule has 1 saturated carbocycles. The van der Waals surface area contributed by atoms with Crippen molar-refractivity contribution >= 4 is 17.4 Å². The number of nitrogens with zero attached hydrogens (tertiary/aromatic N) is 1. The summed E-state index contributed by atoms with van der Waals surface area (Å²) in [5.74, 6) is -0.0139. The van der Waals surface area contributed by atoms with E-state index in [0.717, 1.165) is 43.4 Å². The lowest BCUT2D eigenvalue weighted by atomic mass is 9.75. The van der Waals surface area contributed by atoms with Crippen LogP contribution in [0.1, 0.15) is 57.4 Å². The fourth-order valence-electron chi connectivity index (χ4n) is 5.47. The number of phenols is 1. The first-order valence-corrected chi connectivity index (χ1v) is 11.9. The molecule has 0 spiro atoms. The van der Waals surface area contributed by atoms with Crippen LogP contribution in [0.3, 0.4) is 0 Å². The van der Waals surface area contributed by atoms with Crippen molar-refractivity contribution in [2.24, 2.45) is 5.92 Å². The third-order valence-electron chi connectivity index (χ3n) is 7.02. The van der Waals surface area contributed by atoms with Crippen molar-refractivity contribution in [2.75, 3.05) is 11.4 Å². The highest BCUT2D eigenvalue weighted by molar-refractivity contribution is 6.08. The number of esters is 1. The Balaban J connectivity index is 1.59. The second-order valence-corrected chi connectivity index (χ2v) is 9.21. The van der Waals surface area contributed by atoms with Gasteiger partial charge in [0.25, 0.3) is 0 Å². The largest absolute Gasteiger partial charge is 0.508 e. The maximum atomic E-state index is 13.5. The molecule has 2 aliphatic rings. The Bertz CT molecular complexity index is 918. The van der Waals surface area contributed by atoms with Crippen molar-refractivity contribution < 1.29 is 19.4 Å². The van der Waals surface area contributed by atoms with E-state index in [1.165, 1.54) is 0 Å². The number of aromatic hydroxyl groups is 1.